The maximum Gasteiger partial charge on any atom is 0.236 e. The first-order valence-electron chi connectivity index (χ1n) is 8.47. The molecule has 25 heavy (non-hydrogen) atoms. The lowest BCUT2D eigenvalue weighted by molar-refractivity contribution is -0.136. The number of oxime groups is 1. The summed E-state index contributed by atoms with van der Waals surface area (Å²) in [5.41, 5.74) is 0.760. The van der Waals surface area contributed by atoms with E-state index in [9.17, 15) is 4.79 Å². The van der Waals surface area contributed by atoms with Crippen molar-refractivity contribution in [1.82, 2.24) is 14.8 Å². The number of hydrogen-bond donors (Lipinski definition) is 2. The number of amides is 1. The van der Waals surface area contributed by atoms with Crippen LogP contribution in [0.1, 0.15) is 0 Å². The second-order valence-electron chi connectivity index (χ2n) is 6.05. The average Bonchev–Trinajstić information content (AvgIpc) is 2.68. The molecule has 9 heteroatoms. The van der Waals surface area contributed by atoms with Crippen molar-refractivity contribution in [1.29, 1.82) is 0 Å². The Hall–Kier alpha value is -2.39. The SMILES string of the molecule is O=C(CN1CCN(c2ccc(N/C=N/O)cn2)CC1)N1CCOCC1. The van der Waals surface area contributed by atoms with Crippen molar-refractivity contribution in [2.24, 2.45) is 5.16 Å². The molecule has 1 aromatic rings. The number of aromatic nitrogens is 1. The van der Waals surface area contributed by atoms with E-state index in [2.05, 4.69) is 25.3 Å². The van der Waals surface area contributed by atoms with E-state index < -0.39 is 0 Å². The maximum atomic E-state index is 12.3. The summed E-state index contributed by atoms with van der Waals surface area (Å²) in [5, 5.41) is 14.1. The molecule has 0 bridgehead atoms. The van der Waals surface area contributed by atoms with Crippen LogP contribution in [0.5, 0.6) is 0 Å². The number of nitrogens with one attached hydrogen (secondary N) is 1. The van der Waals surface area contributed by atoms with E-state index in [-0.39, 0.29) is 5.91 Å². The Labute approximate surface area is 146 Å². The van der Waals surface area contributed by atoms with E-state index in [0.717, 1.165) is 37.7 Å². The zero-order valence-corrected chi connectivity index (χ0v) is 14.2. The van der Waals surface area contributed by atoms with E-state index in [1.165, 1.54) is 6.34 Å². The topological polar surface area (TPSA) is 93.5 Å². The van der Waals surface area contributed by atoms with Gasteiger partial charge in [-0.05, 0) is 12.1 Å². The summed E-state index contributed by atoms with van der Waals surface area (Å²) in [6.07, 6.45) is 2.90. The van der Waals surface area contributed by atoms with E-state index in [1.807, 2.05) is 17.0 Å². The summed E-state index contributed by atoms with van der Waals surface area (Å²) >= 11 is 0. The Morgan fingerprint density at radius 3 is 2.64 bits per heavy atom. The van der Waals surface area contributed by atoms with Crippen LogP contribution in [0.3, 0.4) is 0 Å². The molecule has 3 rings (SSSR count). The van der Waals surface area contributed by atoms with Crippen LogP contribution in [0.25, 0.3) is 0 Å². The molecule has 3 heterocycles. The van der Waals surface area contributed by atoms with Gasteiger partial charge in [0, 0.05) is 39.3 Å². The number of ether oxygens (including phenoxy) is 1. The third-order valence-electron chi connectivity index (χ3n) is 4.46. The number of carbonyl (C=O) groups excluding carboxylic acids is 1. The molecular formula is C16H24N6O3. The summed E-state index contributed by atoms with van der Waals surface area (Å²) in [7, 11) is 0. The Balaban J connectivity index is 1.45. The molecule has 0 aliphatic carbocycles. The molecule has 0 unspecified atom stereocenters. The quantitative estimate of drug-likeness (QED) is 0.332. The van der Waals surface area contributed by atoms with Gasteiger partial charge < -0.3 is 25.1 Å². The van der Waals surface area contributed by atoms with Crippen LogP contribution in [-0.4, -0.2) is 91.3 Å². The molecule has 2 saturated heterocycles. The number of rotatable bonds is 5. The van der Waals surface area contributed by atoms with Gasteiger partial charge in [0.2, 0.25) is 5.91 Å². The molecule has 0 spiro atoms. The molecule has 0 saturated carbocycles. The predicted octanol–water partition coefficient (Wildman–Crippen LogP) is -0.108. The monoisotopic (exact) mass is 348 g/mol. The first-order valence-corrected chi connectivity index (χ1v) is 8.47. The van der Waals surface area contributed by atoms with Crippen molar-refractivity contribution in [2.45, 2.75) is 0 Å². The number of hydrogen-bond acceptors (Lipinski definition) is 7. The van der Waals surface area contributed by atoms with Crippen molar-refractivity contribution >= 4 is 23.8 Å². The van der Waals surface area contributed by atoms with Gasteiger partial charge in [-0.25, -0.2) is 4.98 Å². The molecule has 2 aliphatic heterocycles. The van der Waals surface area contributed by atoms with E-state index in [0.29, 0.717) is 32.8 Å². The lowest BCUT2D eigenvalue weighted by Crippen LogP contribution is -2.51. The summed E-state index contributed by atoms with van der Waals surface area (Å²) < 4.78 is 5.29. The van der Waals surface area contributed by atoms with Crippen LogP contribution >= 0.6 is 0 Å². The summed E-state index contributed by atoms with van der Waals surface area (Å²) in [6.45, 7) is 6.52. The van der Waals surface area contributed by atoms with Gasteiger partial charge in [0.15, 0.2) is 0 Å². The van der Waals surface area contributed by atoms with E-state index in [1.54, 1.807) is 6.20 Å². The summed E-state index contributed by atoms with van der Waals surface area (Å²) in [5.74, 6) is 1.10. The Morgan fingerprint density at radius 1 is 1.24 bits per heavy atom. The molecule has 0 atom stereocenters. The Bertz CT molecular complexity index is 580. The third-order valence-corrected chi connectivity index (χ3v) is 4.46. The van der Waals surface area contributed by atoms with Crippen LogP contribution < -0.4 is 10.2 Å². The van der Waals surface area contributed by atoms with Crippen LogP contribution in [0.15, 0.2) is 23.5 Å². The van der Waals surface area contributed by atoms with Crippen molar-refractivity contribution in [3.8, 4) is 0 Å². The lowest BCUT2D eigenvalue weighted by Gasteiger charge is -2.36. The van der Waals surface area contributed by atoms with E-state index >= 15 is 0 Å². The van der Waals surface area contributed by atoms with Gasteiger partial charge in [-0.2, -0.15) is 0 Å². The predicted molar refractivity (Wildman–Crippen MR) is 94.2 cm³/mol. The van der Waals surface area contributed by atoms with Crippen LogP contribution in [0.4, 0.5) is 11.5 Å². The summed E-state index contributed by atoms with van der Waals surface area (Å²) in [6, 6.07) is 3.82. The number of piperazine rings is 1. The molecule has 9 nitrogen and oxygen atoms in total. The molecular weight excluding hydrogens is 324 g/mol. The molecule has 0 radical (unpaired) electrons. The fourth-order valence-corrected chi connectivity index (χ4v) is 3.00. The van der Waals surface area contributed by atoms with E-state index in [4.69, 9.17) is 9.94 Å². The normalized spacial score (nSPS) is 19.4. The second kappa shape index (κ2) is 8.63. The first-order chi connectivity index (χ1) is 12.3. The largest absolute Gasteiger partial charge is 0.410 e. The zero-order chi connectivity index (χ0) is 17.5. The highest BCUT2D eigenvalue weighted by Crippen LogP contribution is 2.16. The minimum atomic E-state index is 0.191. The van der Waals surface area contributed by atoms with Gasteiger partial charge in [0.05, 0.1) is 31.6 Å². The minimum absolute atomic E-state index is 0.191. The molecule has 1 amide bonds. The maximum absolute atomic E-state index is 12.3. The van der Waals surface area contributed by atoms with Crippen LogP contribution in [0, 0.1) is 0 Å². The molecule has 136 valence electrons. The molecule has 2 fully saturated rings. The fourth-order valence-electron chi connectivity index (χ4n) is 3.00. The summed E-state index contributed by atoms with van der Waals surface area (Å²) in [4.78, 5) is 23.0. The van der Waals surface area contributed by atoms with Crippen molar-refractivity contribution in [3.63, 3.8) is 0 Å². The van der Waals surface area contributed by atoms with Gasteiger partial charge in [-0.1, -0.05) is 5.16 Å². The van der Waals surface area contributed by atoms with Crippen LogP contribution in [0.2, 0.25) is 0 Å². The van der Waals surface area contributed by atoms with Gasteiger partial charge in [-0.15, -0.1) is 0 Å². The number of pyridine rings is 1. The minimum Gasteiger partial charge on any atom is -0.410 e. The smallest absolute Gasteiger partial charge is 0.236 e. The standard InChI is InChI=1S/C16H24N6O3/c23-16(22-7-9-25-10-8-22)12-20-3-5-21(6-4-20)15-2-1-14(11-17-15)18-13-19-24/h1-2,11,13,24H,3-10,12H2,(H,18,19). The van der Waals surface area contributed by atoms with Crippen LogP contribution in [-0.2, 0) is 9.53 Å². The lowest BCUT2D eigenvalue weighted by atomic mass is 10.3. The van der Waals surface area contributed by atoms with Crippen molar-refractivity contribution < 1.29 is 14.7 Å². The highest BCUT2D eigenvalue weighted by atomic mass is 16.5. The first kappa shape index (κ1) is 17.4. The number of anilines is 2. The molecule has 0 aromatic carbocycles. The Morgan fingerprint density at radius 2 is 2.00 bits per heavy atom. The van der Waals surface area contributed by atoms with Gasteiger partial charge in [0.25, 0.3) is 0 Å². The number of nitrogens with zero attached hydrogens (tertiary/aromatic N) is 5. The second-order valence-corrected chi connectivity index (χ2v) is 6.05. The highest BCUT2D eigenvalue weighted by molar-refractivity contribution is 5.78. The number of morpholine rings is 1. The molecule has 2 N–H and O–H groups in total. The zero-order valence-electron chi connectivity index (χ0n) is 14.2. The average molecular weight is 348 g/mol. The van der Waals surface area contributed by atoms with Crippen molar-refractivity contribution in [2.75, 3.05) is 69.2 Å². The molecule has 2 aliphatic rings. The fraction of sp³-hybridized carbons (Fsp3) is 0.562. The van der Waals surface area contributed by atoms with Crippen molar-refractivity contribution in [3.05, 3.63) is 18.3 Å². The van der Waals surface area contributed by atoms with Gasteiger partial charge in [0.1, 0.15) is 12.2 Å². The van der Waals surface area contributed by atoms with Gasteiger partial charge in [-0.3, -0.25) is 9.69 Å². The Kier molecular flexibility index (Phi) is 6.02. The molecule has 1 aromatic heterocycles. The van der Waals surface area contributed by atoms with Gasteiger partial charge >= 0.3 is 0 Å². The third kappa shape index (κ3) is 4.80. The number of carbonyl (C=O) groups is 1. The highest BCUT2D eigenvalue weighted by Gasteiger charge is 2.23.